The van der Waals surface area contributed by atoms with Crippen molar-refractivity contribution >= 4 is 70.9 Å². The summed E-state index contributed by atoms with van der Waals surface area (Å²) in [4.78, 5) is 190. The van der Waals surface area contributed by atoms with E-state index in [0.717, 1.165) is 41.3 Å². The van der Waals surface area contributed by atoms with Crippen molar-refractivity contribution < 1.29 is 106 Å². The predicted octanol–water partition coefficient (Wildman–Crippen LogP) is 6.35. The number of nitrogens with zero attached hydrogens (tertiary/aromatic N) is 9. The number of likely N-dealkylation sites (N-methyl/N-ethyl adjacent to an activating group) is 7. The summed E-state index contributed by atoms with van der Waals surface area (Å²) in [5.74, 6) is -18.4. The van der Waals surface area contributed by atoms with Crippen LogP contribution >= 0.6 is 0 Å². The summed E-state index contributed by atoms with van der Waals surface area (Å²) < 4.78 is 150. The van der Waals surface area contributed by atoms with Gasteiger partial charge >= 0.3 is 12.4 Å². The summed E-state index contributed by atoms with van der Waals surface area (Å²) >= 11 is 0. The van der Waals surface area contributed by atoms with E-state index in [1.54, 1.807) is 32.9 Å². The van der Waals surface area contributed by atoms with Crippen LogP contribution in [0.2, 0.25) is 0 Å². The van der Waals surface area contributed by atoms with Gasteiger partial charge in [0, 0.05) is 88.9 Å². The smallest absolute Gasteiger partial charge is 0.377 e. The van der Waals surface area contributed by atoms with Crippen molar-refractivity contribution in [1.82, 2.24) is 60.0 Å². The van der Waals surface area contributed by atoms with Crippen molar-refractivity contribution in [1.29, 1.82) is 0 Å². The number of hydrogen-bond acceptors (Lipinski definition) is 13. The Balaban J connectivity index is 1.33. The molecular formula is C74H112F10N12O13. The zero-order chi connectivity index (χ0) is 81.1. The molecule has 109 heavy (non-hydrogen) atoms. The molecule has 3 N–H and O–H groups in total. The maximum atomic E-state index is 15.5. The molecule has 616 valence electrons. The van der Waals surface area contributed by atoms with E-state index in [4.69, 9.17) is 4.74 Å². The highest BCUT2D eigenvalue weighted by molar-refractivity contribution is 6.01. The number of fused-ring (bicyclic) bond motifs is 3. The number of rotatable bonds is 14. The van der Waals surface area contributed by atoms with E-state index < -0.39 is 249 Å². The fourth-order valence-electron chi connectivity index (χ4n) is 16.9. The summed E-state index contributed by atoms with van der Waals surface area (Å²) in [6.07, 6.45) is -19.1. The molecule has 35 heteroatoms. The van der Waals surface area contributed by atoms with Gasteiger partial charge < -0.3 is 64.8 Å². The average Bonchev–Trinajstić information content (AvgIpc) is 1.73. The van der Waals surface area contributed by atoms with Crippen molar-refractivity contribution in [3.63, 3.8) is 0 Å². The zero-order valence-corrected chi connectivity index (χ0v) is 64.5. The van der Waals surface area contributed by atoms with Gasteiger partial charge in [0.25, 0.3) is 0 Å². The van der Waals surface area contributed by atoms with Gasteiger partial charge in [-0.1, -0.05) is 45.3 Å². The molecular weight excluding hydrogens is 1450 g/mol. The first-order chi connectivity index (χ1) is 51.1. The topological polar surface area (TPSA) is 279 Å². The van der Waals surface area contributed by atoms with Gasteiger partial charge in [-0.15, -0.1) is 0 Å². The van der Waals surface area contributed by atoms with Crippen molar-refractivity contribution in [2.45, 2.75) is 260 Å². The summed E-state index contributed by atoms with van der Waals surface area (Å²) in [5, 5.41) is 8.11. The number of alkyl halides is 10. The van der Waals surface area contributed by atoms with Crippen molar-refractivity contribution in [2.75, 3.05) is 89.2 Å². The van der Waals surface area contributed by atoms with Crippen molar-refractivity contribution in [2.24, 2.45) is 35.5 Å². The molecule has 4 aliphatic carbocycles. The minimum atomic E-state index is -5.23. The van der Waals surface area contributed by atoms with E-state index in [-0.39, 0.29) is 96.7 Å². The SMILES string of the molecule is CCO[C@@H]1C[C@H]2C(=O)NC3(CCC3)C(=O)N(C)[C@@H](C3CCCC3)C(=O)N(C)[C@H](C(=O)N(C)C)CC(=O)N(C)[C@@H](CCC(F)F)C(=O)N[C@@H]([C@@H](C)CC)C(=O)N(C)CC(=O)N(C)[C@H]3C/C=C\CCN(C3=O)[C@@H](CC3CCC(C(F)(F)F)CC3)C(=O)N(C)CC(=O)N[C@@H](CCC3CC(F)C(C(F)(F)F)C(F)C3)C(=O)N2C1. The number of nitrogens with one attached hydrogen (secondary N) is 3. The van der Waals surface area contributed by atoms with Crippen molar-refractivity contribution in [3.8, 4) is 0 Å². The monoisotopic (exact) mass is 1570 g/mol. The molecule has 7 aliphatic rings. The summed E-state index contributed by atoms with van der Waals surface area (Å²) in [6, 6.07) is -12.4. The van der Waals surface area contributed by atoms with Gasteiger partial charge in [-0.05, 0) is 140 Å². The molecule has 12 atom stereocenters. The third-order valence-corrected chi connectivity index (χ3v) is 23.9. The Bertz CT molecular complexity index is 3250. The van der Waals surface area contributed by atoms with E-state index >= 15 is 37.5 Å². The lowest BCUT2D eigenvalue weighted by Gasteiger charge is -2.46. The maximum Gasteiger partial charge on any atom is 0.397 e. The third-order valence-electron chi connectivity index (χ3n) is 23.9. The highest BCUT2D eigenvalue weighted by Crippen LogP contribution is 2.46. The zero-order valence-electron chi connectivity index (χ0n) is 64.5. The van der Waals surface area contributed by atoms with Crippen LogP contribution in [0.4, 0.5) is 43.9 Å². The normalized spacial score (nSPS) is 31.8. The van der Waals surface area contributed by atoms with Gasteiger partial charge in [0.1, 0.15) is 72.1 Å². The number of carbonyl (C=O) groups is 12. The maximum absolute atomic E-state index is 15.5. The molecule has 0 aromatic carbocycles. The Kier molecular flexibility index (Phi) is 31.2. The second kappa shape index (κ2) is 38.2. The van der Waals surface area contributed by atoms with Crippen LogP contribution in [-0.2, 0) is 62.3 Å². The molecule has 0 radical (unpaired) electrons. The first kappa shape index (κ1) is 88.9. The minimum Gasteiger partial charge on any atom is -0.377 e. The largest absolute Gasteiger partial charge is 0.397 e. The first-order valence-electron chi connectivity index (χ1n) is 38.3. The molecule has 2 unspecified atom stereocenters. The van der Waals surface area contributed by atoms with Gasteiger partial charge in [-0.3, -0.25) is 57.5 Å². The van der Waals surface area contributed by atoms with Gasteiger partial charge in [0.2, 0.25) is 77.3 Å². The lowest BCUT2D eigenvalue weighted by Crippen LogP contribution is -2.68. The van der Waals surface area contributed by atoms with Crippen LogP contribution in [0.5, 0.6) is 0 Å². The molecule has 2 saturated heterocycles. The Morgan fingerprint density at radius 1 is 0.642 bits per heavy atom. The fourth-order valence-corrected chi connectivity index (χ4v) is 16.9. The Morgan fingerprint density at radius 2 is 1.27 bits per heavy atom. The number of halogens is 10. The molecule has 1 spiro atoms. The summed E-state index contributed by atoms with van der Waals surface area (Å²) in [6.45, 7) is 2.78. The van der Waals surface area contributed by atoms with Crippen LogP contribution in [0, 0.1) is 35.5 Å². The molecule has 0 aromatic rings. The second-order valence-corrected chi connectivity index (χ2v) is 31.5. The van der Waals surface area contributed by atoms with E-state index in [2.05, 4.69) is 16.0 Å². The lowest BCUT2D eigenvalue weighted by atomic mass is 9.74. The van der Waals surface area contributed by atoms with Gasteiger partial charge in [-0.2, -0.15) is 26.3 Å². The lowest BCUT2D eigenvalue weighted by molar-refractivity contribution is -0.219. The number of hydrogen-bond donors (Lipinski definition) is 3. The Morgan fingerprint density at radius 3 is 1.83 bits per heavy atom. The van der Waals surface area contributed by atoms with Crippen LogP contribution < -0.4 is 16.0 Å². The van der Waals surface area contributed by atoms with E-state index in [1.807, 2.05) is 0 Å². The summed E-state index contributed by atoms with van der Waals surface area (Å²) in [7, 11) is 10.1. The molecule has 0 aromatic heterocycles. The standard InChI is InChI=1S/C74H112F10N12O13/c1-12-42(3)61-69(106)90(7)41-59(99)92(9)52-22-15-14-18-33-95(68(52)105)55(36-43-23-26-46(27-24-43)73(79,80)81)67(104)89(6)40-57(97)85-50(28-25-44-34-48(75)60(49(76)35-44)74(82,83)84)65(102)96-39-47(109-13-2)37-53(96)64(101)87-72(31-19-32-72)71(108)94(11)62(45-20-16-17-21-45)70(107)93(10)54(66(103)88(4)5)38-58(98)91(8)51(63(100)86-61)29-30-56(77)78/h14-15,42-56,60-62H,12-13,16-41H2,1-11H3,(H,85,97)(H,86,100)(H,87,101)/b15-14-/t42-,43?,44?,46?,47+,48?,49?,50-,51-,52-,53-,54-,55-,60?,61-,62-/m0/s1. The van der Waals surface area contributed by atoms with Crippen molar-refractivity contribution in [3.05, 3.63) is 12.2 Å². The Labute approximate surface area is 631 Å². The van der Waals surface area contributed by atoms with E-state index in [0.29, 0.717) is 32.1 Å². The van der Waals surface area contributed by atoms with E-state index in [1.165, 1.54) is 59.1 Å². The Hall–Kier alpha value is -7.36. The van der Waals surface area contributed by atoms with Crippen LogP contribution in [-0.4, -0.2) is 295 Å². The van der Waals surface area contributed by atoms with Gasteiger partial charge in [-0.25, -0.2) is 17.6 Å². The highest BCUT2D eigenvalue weighted by atomic mass is 19.4. The number of carbonyl (C=O) groups excluding carboxylic acids is 12. The highest BCUT2D eigenvalue weighted by Gasteiger charge is 2.56. The molecule has 6 fully saturated rings. The molecule has 3 aliphatic heterocycles. The number of amides is 12. The van der Waals surface area contributed by atoms with Gasteiger partial charge in [0.05, 0.1) is 31.5 Å². The third kappa shape index (κ3) is 21.9. The summed E-state index contributed by atoms with van der Waals surface area (Å²) in [5.41, 5.74) is -1.75. The molecule has 12 amide bonds. The van der Waals surface area contributed by atoms with E-state index in [9.17, 15) is 63.9 Å². The van der Waals surface area contributed by atoms with Crippen LogP contribution in [0.25, 0.3) is 0 Å². The molecule has 3 heterocycles. The van der Waals surface area contributed by atoms with Gasteiger partial charge in [0.15, 0.2) is 0 Å². The van der Waals surface area contributed by atoms with Crippen LogP contribution in [0.3, 0.4) is 0 Å². The molecule has 7 rings (SSSR count). The first-order valence-corrected chi connectivity index (χ1v) is 38.3. The predicted molar refractivity (Wildman–Crippen MR) is 377 cm³/mol. The minimum absolute atomic E-state index is 0.0116. The molecule has 4 saturated carbocycles. The molecule has 25 nitrogen and oxygen atoms in total. The van der Waals surface area contributed by atoms with Crippen LogP contribution in [0.1, 0.15) is 168 Å². The number of ether oxygens (including phenoxy) is 1. The van der Waals surface area contributed by atoms with Crippen LogP contribution in [0.15, 0.2) is 12.2 Å². The molecule has 2 bridgehead atoms. The average molecular weight is 1570 g/mol. The second-order valence-electron chi connectivity index (χ2n) is 31.5. The fraction of sp³-hybridized carbons (Fsp3) is 0.811. The quantitative estimate of drug-likeness (QED) is 0.126.